The van der Waals surface area contributed by atoms with E-state index < -0.39 is 0 Å². The zero-order valence-electron chi connectivity index (χ0n) is 15.4. The number of nitrogens with one attached hydrogen (secondary N) is 1. The van der Waals surface area contributed by atoms with Gasteiger partial charge in [0.1, 0.15) is 11.5 Å². The first-order valence-electron chi connectivity index (χ1n) is 8.69. The maximum Gasteiger partial charge on any atom is 0.273 e. The van der Waals surface area contributed by atoms with Crippen LogP contribution < -0.4 is 11.1 Å². The van der Waals surface area contributed by atoms with Gasteiger partial charge in [0, 0.05) is 23.8 Å². The molecule has 0 fully saturated rings. The molecule has 6 nitrogen and oxygen atoms in total. The molecular weight excluding hydrogens is 362 g/mol. The van der Waals surface area contributed by atoms with Crippen molar-refractivity contribution in [3.05, 3.63) is 64.6 Å². The number of nitrogen functional groups attached to an aromatic ring is 1. The minimum Gasteiger partial charge on any atom is -0.398 e. The Morgan fingerprint density at radius 3 is 2.81 bits per heavy atom. The molecule has 0 saturated heterocycles. The predicted molar refractivity (Wildman–Crippen MR) is 110 cm³/mol. The maximum absolute atomic E-state index is 12.5. The van der Waals surface area contributed by atoms with E-state index in [9.17, 15) is 4.79 Å². The monoisotopic (exact) mass is 383 g/mol. The van der Waals surface area contributed by atoms with Gasteiger partial charge in [-0.2, -0.15) is 0 Å². The van der Waals surface area contributed by atoms with E-state index in [1.54, 1.807) is 11.0 Å². The summed E-state index contributed by atoms with van der Waals surface area (Å²) < 4.78 is 0. The van der Waals surface area contributed by atoms with Gasteiger partial charge in [0.2, 0.25) is 5.28 Å². The number of aromatic nitrogens is 2. The smallest absolute Gasteiger partial charge is 0.273 e. The lowest BCUT2D eigenvalue weighted by molar-refractivity contribution is 0.0726. The van der Waals surface area contributed by atoms with Crippen molar-refractivity contribution in [1.29, 1.82) is 0 Å². The summed E-state index contributed by atoms with van der Waals surface area (Å²) >= 11 is 6.04. The highest BCUT2D eigenvalue weighted by Gasteiger charge is 2.33. The molecule has 0 saturated carbocycles. The molecule has 2 aromatic rings. The second-order valence-electron chi connectivity index (χ2n) is 6.60. The lowest BCUT2D eigenvalue weighted by Gasteiger charge is -2.19. The zero-order chi connectivity index (χ0) is 19.6. The van der Waals surface area contributed by atoms with Crippen LogP contribution in [0.4, 0.5) is 11.5 Å². The second-order valence-corrected chi connectivity index (χ2v) is 6.94. The van der Waals surface area contributed by atoms with Crippen molar-refractivity contribution in [3.8, 4) is 0 Å². The molecule has 1 aliphatic rings. The SMILES string of the molecule is C=C/C(=C\c1ccccc1N)CNc1nc(Cl)nc2c1CN(C(C)C)C2=O. The summed E-state index contributed by atoms with van der Waals surface area (Å²) in [6.45, 7) is 8.73. The molecule has 0 atom stereocenters. The van der Waals surface area contributed by atoms with Crippen molar-refractivity contribution in [2.24, 2.45) is 0 Å². The first-order chi connectivity index (χ1) is 12.9. The molecule has 27 heavy (non-hydrogen) atoms. The molecular formula is C20H22ClN5O. The number of carbonyl (C=O) groups excluding carboxylic acids is 1. The normalized spacial score (nSPS) is 13.9. The Labute approximate surface area is 163 Å². The average molecular weight is 384 g/mol. The van der Waals surface area contributed by atoms with E-state index in [0.717, 1.165) is 16.7 Å². The Balaban J connectivity index is 1.85. The Kier molecular flexibility index (Phi) is 5.46. The first-order valence-corrected chi connectivity index (χ1v) is 9.07. The molecule has 1 aromatic heterocycles. The number of halogens is 1. The minimum absolute atomic E-state index is 0.0478. The number of nitrogens with two attached hydrogens (primary N) is 1. The molecule has 3 rings (SSSR count). The molecule has 1 amide bonds. The number of rotatable bonds is 6. The van der Waals surface area contributed by atoms with Crippen LogP contribution in [0.2, 0.25) is 5.28 Å². The number of anilines is 2. The van der Waals surface area contributed by atoms with Crippen molar-refractivity contribution in [2.45, 2.75) is 26.4 Å². The van der Waals surface area contributed by atoms with E-state index in [0.29, 0.717) is 30.3 Å². The van der Waals surface area contributed by atoms with Crippen molar-refractivity contribution >= 4 is 35.1 Å². The molecule has 3 N–H and O–H groups in total. The fourth-order valence-corrected chi connectivity index (χ4v) is 3.10. The van der Waals surface area contributed by atoms with Crippen molar-refractivity contribution in [1.82, 2.24) is 14.9 Å². The summed E-state index contributed by atoms with van der Waals surface area (Å²) in [5, 5.41) is 3.31. The summed E-state index contributed by atoms with van der Waals surface area (Å²) in [7, 11) is 0. The minimum atomic E-state index is -0.121. The van der Waals surface area contributed by atoms with Crippen LogP contribution in [-0.2, 0) is 6.54 Å². The van der Waals surface area contributed by atoms with Gasteiger partial charge < -0.3 is 16.0 Å². The molecule has 2 heterocycles. The fourth-order valence-electron chi connectivity index (χ4n) is 2.93. The first kappa shape index (κ1) is 18.9. The largest absolute Gasteiger partial charge is 0.398 e. The van der Waals surface area contributed by atoms with Gasteiger partial charge in [0.25, 0.3) is 5.91 Å². The third-order valence-electron chi connectivity index (χ3n) is 4.45. The van der Waals surface area contributed by atoms with Crippen LogP contribution in [0, 0.1) is 0 Å². The Bertz CT molecular complexity index is 923. The topological polar surface area (TPSA) is 84.1 Å². The molecule has 0 radical (unpaired) electrons. The van der Waals surface area contributed by atoms with Gasteiger partial charge in [-0.15, -0.1) is 0 Å². The van der Waals surface area contributed by atoms with Crippen LogP contribution in [0.15, 0.2) is 42.5 Å². The Morgan fingerprint density at radius 1 is 1.41 bits per heavy atom. The number of hydrogen-bond donors (Lipinski definition) is 2. The van der Waals surface area contributed by atoms with E-state index in [2.05, 4.69) is 21.9 Å². The predicted octanol–water partition coefficient (Wildman–Crippen LogP) is 3.76. The molecule has 0 unspecified atom stereocenters. The van der Waals surface area contributed by atoms with E-state index in [4.69, 9.17) is 17.3 Å². The van der Waals surface area contributed by atoms with Crippen molar-refractivity contribution < 1.29 is 4.79 Å². The van der Waals surface area contributed by atoms with Crippen LogP contribution >= 0.6 is 11.6 Å². The lowest BCUT2D eigenvalue weighted by Crippen LogP contribution is -2.31. The summed E-state index contributed by atoms with van der Waals surface area (Å²) in [6, 6.07) is 7.69. The van der Waals surface area contributed by atoms with Crippen LogP contribution in [0.5, 0.6) is 0 Å². The molecule has 0 aliphatic carbocycles. The van der Waals surface area contributed by atoms with Gasteiger partial charge in [-0.1, -0.05) is 30.9 Å². The number of hydrogen-bond acceptors (Lipinski definition) is 5. The Hall–Kier alpha value is -2.86. The maximum atomic E-state index is 12.5. The van der Waals surface area contributed by atoms with Crippen molar-refractivity contribution in [2.75, 3.05) is 17.6 Å². The highest BCUT2D eigenvalue weighted by atomic mass is 35.5. The summed E-state index contributed by atoms with van der Waals surface area (Å²) in [6.07, 6.45) is 3.72. The number of carbonyl (C=O) groups is 1. The quantitative estimate of drug-likeness (QED) is 0.450. The van der Waals surface area contributed by atoms with Gasteiger partial charge in [-0.05, 0) is 48.7 Å². The molecule has 140 valence electrons. The summed E-state index contributed by atoms with van der Waals surface area (Å²) in [4.78, 5) is 22.7. The van der Waals surface area contributed by atoms with Crippen LogP contribution in [0.25, 0.3) is 6.08 Å². The van der Waals surface area contributed by atoms with Crippen LogP contribution in [0.1, 0.15) is 35.5 Å². The molecule has 0 bridgehead atoms. The molecule has 7 heteroatoms. The van der Waals surface area contributed by atoms with Gasteiger partial charge in [0.15, 0.2) is 0 Å². The molecule has 0 spiro atoms. The highest BCUT2D eigenvalue weighted by Crippen LogP contribution is 2.29. The van der Waals surface area contributed by atoms with E-state index in [1.165, 1.54) is 0 Å². The standard InChI is InChI=1S/C20H22ClN5O/c1-4-13(9-14-7-5-6-8-16(14)22)10-23-18-15-11-26(12(2)3)19(27)17(15)24-20(21)25-18/h4-9,12H,1,10-11,22H2,2-3H3,(H,23,24,25)/b13-9+. The van der Waals surface area contributed by atoms with Crippen LogP contribution in [-0.4, -0.2) is 33.4 Å². The van der Waals surface area contributed by atoms with Gasteiger partial charge in [-0.3, -0.25) is 4.79 Å². The van der Waals surface area contributed by atoms with E-state index >= 15 is 0 Å². The third-order valence-corrected chi connectivity index (χ3v) is 4.62. The number of benzene rings is 1. The van der Waals surface area contributed by atoms with Gasteiger partial charge in [0.05, 0.1) is 6.54 Å². The number of amides is 1. The Morgan fingerprint density at radius 2 is 2.15 bits per heavy atom. The van der Waals surface area contributed by atoms with Gasteiger partial charge in [-0.25, -0.2) is 9.97 Å². The second kappa shape index (κ2) is 7.80. The van der Waals surface area contributed by atoms with E-state index in [1.807, 2.05) is 44.2 Å². The van der Waals surface area contributed by atoms with Crippen molar-refractivity contribution in [3.63, 3.8) is 0 Å². The number of fused-ring (bicyclic) bond motifs is 1. The summed E-state index contributed by atoms with van der Waals surface area (Å²) in [5.41, 5.74) is 9.68. The zero-order valence-corrected chi connectivity index (χ0v) is 16.1. The molecule has 1 aromatic carbocycles. The number of para-hydroxylation sites is 1. The van der Waals surface area contributed by atoms with Crippen LogP contribution in [0.3, 0.4) is 0 Å². The lowest BCUT2D eigenvalue weighted by atomic mass is 10.1. The molecule has 1 aliphatic heterocycles. The van der Waals surface area contributed by atoms with E-state index in [-0.39, 0.29) is 17.2 Å². The highest BCUT2D eigenvalue weighted by molar-refractivity contribution is 6.28. The number of nitrogens with zero attached hydrogens (tertiary/aromatic N) is 3. The third kappa shape index (κ3) is 3.95. The summed E-state index contributed by atoms with van der Waals surface area (Å²) in [5.74, 6) is 0.444. The average Bonchev–Trinajstić information content (AvgIpc) is 2.97. The van der Waals surface area contributed by atoms with Gasteiger partial charge >= 0.3 is 0 Å². The fraction of sp³-hybridized carbons (Fsp3) is 0.250.